The molecule has 0 fully saturated rings. The van der Waals surface area contributed by atoms with Crippen LogP contribution in [0.4, 0.5) is 11.4 Å². The average Bonchev–Trinajstić information content (AvgIpc) is 2.61. The standard InChI is InChI=1S/C22H26ClN3O3/c1-14-10-15(2)21(17(23)11-14)26-19(27)12-24-29-13-20(28)25-18-9-7-6-8-16(18)22(3,4)5/h6-12H,13H2,1-5H3,(H,25,28)(H,26,27)/b24-12+. The highest BCUT2D eigenvalue weighted by atomic mass is 35.5. The zero-order chi connectivity index (χ0) is 21.6. The van der Waals surface area contributed by atoms with Gasteiger partial charge in [0.2, 0.25) is 0 Å². The molecule has 7 heteroatoms. The highest BCUT2D eigenvalue weighted by molar-refractivity contribution is 6.37. The molecule has 2 aromatic rings. The van der Waals surface area contributed by atoms with Crippen molar-refractivity contribution in [2.24, 2.45) is 5.16 Å². The zero-order valence-corrected chi connectivity index (χ0v) is 18.1. The number of anilines is 2. The number of aryl methyl sites for hydroxylation is 2. The molecule has 0 saturated carbocycles. The normalized spacial score (nSPS) is 11.4. The van der Waals surface area contributed by atoms with E-state index >= 15 is 0 Å². The molecule has 0 aliphatic carbocycles. The minimum atomic E-state index is -0.502. The quantitative estimate of drug-likeness (QED) is 0.523. The van der Waals surface area contributed by atoms with Crippen molar-refractivity contribution in [2.75, 3.05) is 17.2 Å². The first kappa shape index (κ1) is 22.4. The van der Waals surface area contributed by atoms with E-state index in [-0.39, 0.29) is 17.9 Å². The number of carbonyl (C=O) groups excluding carboxylic acids is 2. The van der Waals surface area contributed by atoms with Gasteiger partial charge in [0.1, 0.15) is 6.21 Å². The van der Waals surface area contributed by atoms with E-state index in [1.165, 1.54) is 0 Å². The lowest BCUT2D eigenvalue weighted by molar-refractivity contribution is -0.120. The van der Waals surface area contributed by atoms with Gasteiger partial charge in [0.15, 0.2) is 6.61 Å². The molecular weight excluding hydrogens is 390 g/mol. The van der Waals surface area contributed by atoms with Gasteiger partial charge in [0, 0.05) is 5.69 Å². The lowest BCUT2D eigenvalue weighted by Crippen LogP contribution is -2.21. The molecule has 0 radical (unpaired) electrons. The predicted octanol–water partition coefficient (Wildman–Crippen LogP) is 4.83. The molecule has 0 aromatic heterocycles. The van der Waals surface area contributed by atoms with Crippen molar-refractivity contribution >= 4 is 41.0 Å². The van der Waals surface area contributed by atoms with Crippen LogP contribution in [-0.2, 0) is 19.8 Å². The maximum atomic E-state index is 12.1. The van der Waals surface area contributed by atoms with Crippen molar-refractivity contribution in [1.82, 2.24) is 0 Å². The molecule has 29 heavy (non-hydrogen) atoms. The lowest BCUT2D eigenvalue weighted by atomic mass is 9.86. The van der Waals surface area contributed by atoms with Gasteiger partial charge in [-0.2, -0.15) is 0 Å². The van der Waals surface area contributed by atoms with Crippen molar-refractivity contribution in [2.45, 2.75) is 40.0 Å². The van der Waals surface area contributed by atoms with Crippen molar-refractivity contribution in [1.29, 1.82) is 0 Å². The SMILES string of the molecule is Cc1cc(C)c(NC(=O)/C=N/OCC(=O)Nc2ccccc2C(C)(C)C)c(Cl)c1. The van der Waals surface area contributed by atoms with Crippen molar-refractivity contribution in [3.8, 4) is 0 Å². The summed E-state index contributed by atoms with van der Waals surface area (Å²) in [6, 6.07) is 11.3. The number of oxime groups is 1. The predicted molar refractivity (Wildman–Crippen MR) is 118 cm³/mol. The third-order valence-electron chi connectivity index (χ3n) is 4.13. The number of nitrogens with one attached hydrogen (secondary N) is 2. The number of hydrogen-bond donors (Lipinski definition) is 2. The molecule has 0 saturated heterocycles. The number of rotatable bonds is 6. The Hall–Kier alpha value is -2.86. The Morgan fingerprint density at radius 2 is 1.83 bits per heavy atom. The number of benzene rings is 2. The summed E-state index contributed by atoms with van der Waals surface area (Å²) >= 11 is 6.16. The van der Waals surface area contributed by atoms with Gasteiger partial charge in [-0.3, -0.25) is 9.59 Å². The Kier molecular flexibility index (Phi) is 7.40. The van der Waals surface area contributed by atoms with Crippen LogP contribution < -0.4 is 10.6 Å². The van der Waals surface area contributed by atoms with E-state index in [9.17, 15) is 9.59 Å². The molecule has 0 aliphatic rings. The van der Waals surface area contributed by atoms with Crippen LogP contribution in [0.3, 0.4) is 0 Å². The van der Waals surface area contributed by atoms with Crippen LogP contribution in [0.5, 0.6) is 0 Å². The summed E-state index contributed by atoms with van der Waals surface area (Å²) in [4.78, 5) is 29.1. The maximum absolute atomic E-state index is 12.1. The number of nitrogens with zero attached hydrogens (tertiary/aromatic N) is 1. The van der Waals surface area contributed by atoms with Crippen LogP contribution in [0.2, 0.25) is 5.02 Å². The molecule has 0 heterocycles. The van der Waals surface area contributed by atoms with Crippen LogP contribution in [-0.4, -0.2) is 24.6 Å². The molecule has 2 aromatic carbocycles. The average molecular weight is 416 g/mol. The summed E-state index contributed by atoms with van der Waals surface area (Å²) in [7, 11) is 0. The van der Waals surface area contributed by atoms with E-state index in [0.717, 1.165) is 28.6 Å². The maximum Gasteiger partial charge on any atom is 0.270 e. The molecule has 0 atom stereocenters. The second-order valence-electron chi connectivity index (χ2n) is 7.78. The number of halogens is 1. The van der Waals surface area contributed by atoms with Crippen LogP contribution in [0.15, 0.2) is 41.6 Å². The third-order valence-corrected chi connectivity index (χ3v) is 4.43. The van der Waals surface area contributed by atoms with Gasteiger partial charge in [-0.1, -0.05) is 61.8 Å². The minimum absolute atomic E-state index is 0.115. The molecule has 0 bridgehead atoms. The number of amides is 2. The molecule has 0 unspecified atom stereocenters. The largest absolute Gasteiger partial charge is 0.385 e. The first-order valence-electron chi connectivity index (χ1n) is 9.20. The first-order valence-corrected chi connectivity index (χ1v) is 9.58. The van der Waals surface area contributed by atoms with Crippen molar-refractivity contribution in [3.63, 3.8) is 0 Å². The van der Waals surface area contributed by atoms with Crippen molar-refractivity contribution < 1.29 is 14.4 Å². The summed E-state index contributed by atoms with van der Waals surface area (Å²) in [5, 5.41) is 9.47. The second kappa shape index (κ2) is 9.56. The van der Waals surface area contributed by atoms with Crippen LogP contribution >= 0.6 is 11.6 Å². The van der Waals surface area contributed by atoms with Crippen LogP contribution in [0.1, 0.15) is 37.5 Å². The Balaban J connectivity index is 1.88. The van der Waals surface area contributed by atoms with E-state index in [2.05, 4.69) is 36.6 Å². The minimum Gasteiger partial charge on any atom is -0.385 e. The molecule has 0 aliphatic heterocycles. The molecule has 6 nitrogen and oxygen atoms in total. The summed E-state index contributed by atoms with van der Waals surface area (Å²) in [5.41, 5.74) is 3.99. The molecule has 2 amide bonds. The molecule has 2 N–H and O–H groups in total. The highest BCUT2D eigenvalue weighted by Crippen LogP contribution is 2.29. The van der Waals surface area contributed by atoms with Gasteiger partial charge < -0.3 is 15.5 Å². The van der Waals surface area contributed by atoms with Crippen LogP contribution in [0, 0.1) is 13.8 Å². The monoisotopic (exact) mass is 415 g/mol. The molecule has 0 spiro atoms. The Bertz CT molecular complexity index is 910. The molecule has 154 valence electrons. The van der Waals surface area contributed by atoms with E-state index in [1.807, 2.05) is 44.2 Å². The van der Waals surface area contributed by atoms with E-state index in [0.29, 0.717) is 10.7 Å². The first-order chi connectivity index (χ1) is 13.6. The Morgan fingerprint density at radius 3 is 2.48 bits per heavy atom. The molecular formula is C22H26ClN3O3. The Morgan fingerprint density at radius 1 is 1.14 bits per heavy atom. The lowest BCUT2D eigenvalue weighted by Gasteiger charge is -2.22. The molecule has 2 rings (SSSR count). The fourth-order valence-corrected chi connectivity index (χ4v) is 3.21. The summed E-state index contributed by atoms with van der Waals surface area (Å²) < 4.78 is 0. The smallest absolute Gasteiger partial charge is 0.270 e. The zero-order valence-electron chi connectivity index (χ0n) is 17.3. The van der Waals surface area contributed by atoms with Gasteiger partial charge in [-0.25, -0.2) is 0 Å². The highest BCUT2D eigenvalue weighted by Gasteiger charge is 2.18. The van der Waals surface area contributed by atoms with Gasteiger partial charge in [0.05, 0.1) is 10.7 Å². The van der Waals surface area contributed by atoms with Gasteiger partial charge in [0.25, 0.3) is 11.8 Å². The van der Waals surface area contributed by atoms with Crippen LogP contribution in [0.25, 0.3) is 0 Å². The fourth-order valence-electron chi connectivity index (χ4n) is 2.84. The van der Waals surface area contributed by atoms with Gasteiger partial charge in [-0.15, -0.1) is 0 Å². The van der Waals surface area contributed by atoms with E-state index < -0.39 is 5.91 Å². The summed E-state index contributed by atoms with van der Waals surface area (Å²) in [5.74, 6) is -0.867. The third kappa shape index (κ3) is 6.61. The van der Waals surface area contributed by atoms with Gasteiger partial charge in [-0.05, 0) is 48.1 Å². The van der Waals surface area contributed by atoms with Gasteiger partial charge >= 0.3 is 0 Å². The topological polar surface area (TPSA) is 79.8 Å². The summed E-state index contributed by atoms with van der Waals surface area (Å²) in [6.07, 6.45) is 0.964. The number of hydrogen-bond acceptors (Lipinski definition) is 4. The van der Waals surface area contributed by atoms with E-state index in [1.54, 1.807) is 6.07 Å². The van der Waals surface area contributed by atoms with Crippen molar-refractivity contribution in [3.05, 3.63) is 58.1 Å². The van der Waals surface area contributed by atoms with E-state index in [4.69, 9.17) is 16.4 Å². The summed E-state index contributed by atoms with van der Waals surface area (Å²) in [6.45, 7) is 9.66. The number of para-hydroxylation sites is 1. The second-order valence-corrected chi connectivity index (χ2v) is 8.19. The number of carbonyl (C=O) groups is 2. The Labute approximate surface area is 176 Å². The fraction of sp³-hybridized carbons (Fsp3) is 0.318.